The summed E-state index contributed by atoms with van der Waals surface area (Å²) in [6.07, 6.45) is 2.37. The van der Waals surface area contributed by atoms with E-state index in [2.05, 4.69) is 6.58 Å². The van der Waals surface area contributed by atoms with Crippen LogP contribution in [-0.4, -0.2) is 5.97 Å². The second-order valence-corrected chi connectivity index (χ2v) is 3.68. The number of hydrogen-bond donors (Lipinski definition) is 0. The van der Waals surface area contributed by atoms with Crippen LogP contribution >= 0.6 is 0 Å². The third-order valence-corrected chi connectivity index (χ3v) is 2.29. The standard InChI is InChI=1S/C13H16O2/c1-4-10-13(3,15-11(2)14)12-8-6-5-7-9-12/h4-9H,1,10H2,2-3H3. The van der Waals surface area contributed by atoms with Gasteiger partial charge >= 0.3 is 5.97 Å². The van der Waals surface area contributed by atoms with Gasteiger partial charge in [-0.1, -0.05) is 36.4 Å². The highest BCUT2D eigenvalue weighted by molar-refractivity contribution is 5.66. The van der Waals surface area contributed by atoms with E-state index in [-0.39, 0.29) is 5.97 Å². The quantitative estimate of drug-likeness (QED) is 0.556. The topological polar surface area (TPSA) is 26.3 Å². The van der Waals surface area contributed by atoms with E-state index in [0.29, 0.717) is 6.42 Å². The zero-order chi connectivity index (χ0) is 11.3. The smallest absolute Gasteiger partial charge is 0.303 e. The predicted octanol–water partition coefficient (Wildman–Crippen LogP) is 3.04. The van der Waals surface area contributed by atoms with E-state index in [1.807, 2.05) is 37.3 Å². The van der Waals surface area contributed by atoms with Gasteiger partial charge in [0.25, 0.3) is 0 Å². The van der Waals surface area contributed by atoms with Crippen LogP contribution in [0.1, 0.15) is 25.8 Å². The fraction of sp³-hybridized carbons (Fsp3) is 0.308. The second kappa shape index (κ2) is 4.78. The van der Waals surface area contributed by atoms with E-state index in [1.165, 1.54) is 6.92 Å². The highest BCUT2D eigenvalue weighted by atomic mass is 16.6. The maximum Gasteiger partial charge on any atom is 0.303 e. The van der Waals surface area contributed by atoms with Crippen molar-refractivity contribution in [2.45, 2.75) is 25.9 Å². The molecule has 0 aliphatic heterocycles. The van der Waals surface area contributed by atoms with Crippen molar-refractivity contribution in [3.05, 3.63) is 48.6 Å². The van der Waals surface area contributed by atoms with Crippen LogP contribution in [0.3, 0.4) is 0 Å². The molecule has 0 aliphatic carbocycles. The van der Waals surface area contributed by atoms with Gasteiger partial charge in [0.15, 0.2) is 0 Å². The molecule has 1 unspecified atom stereocenters. The Hall–Kier alpha value is -1.57. The lowest BCUT2D eigenvalue weighted by Crippen LogP contribution is -2.27. The second-order valence-electron chi connectivity index (χ2n) is 3.68. The number of carbonyl (C=O) groups is 1. The van der Waals surface area contributed by atoms with E-state index < -0.39 is 5.60 Å². The van der Waals surface area contributed by atoms with E-state index in [1.54, 1.807) is 6.08 Å². The van der Waals surface area contributed by atoms with Gasteiger partial charge in [-0.15, -0.1) is 6.58 Å². The lowest BCUT2D eigenvalue weighted by Gasteiger charge is -2.28. The molecule has 0 N–H and O–H groups in total. The van der Waals surface area contributed by atoms with Crippen molar-refractivity contribution < 1.29 is 9.53 Å². The molecule has 2 nitrogen and oxygen atoms in total. The molecule has 0 heterocycles. The fourth-order valence-corrected chi connectivity index (χ4v) is 1.60. The number of esters is 1. The normalized spacial score (nSPS) is 14.0. The number of rotatable bonds is 4. The lowest BCUT2D eigenvalue weighted by atomic mass is 9.92. The number of carbonyl (C=O) groups excluding carboxylic acids is 1. The van der Waals surface area contributed by atoms with Crippen molar-refractivity contribution in [1.29, 1.82) is 0 Å². The van der Waals surface area contributed by atoms with E-state index in [9.17, 15) is 4.79 Å². The van der Waals surface area contributed by atoms with Crippen LogP contribution in [0.2, 0.25) is 0 Å². The van der Waals surface area contributed by atoms with Crippen LogP contribution in [0.4, 0.5) is 0 Å². The minimum Gasteiger partial charge on any atom is -0.454 e. The van der Waals surface area contributed by atoms with Crippen molar-refractivity contribution in [3.8, 4) is 0 Å². The van der Waals surface area contributed by atoms with Gasteiger partial charge < -0.3 is 4.74 Å². The Bertz CT molecular complexity index is 343. The third-order valence-electron chi connectivity index (χ3n) is 2.29. The van der Waals surface area contributed by atoms with Crippen LogP contribution in [0.25, 0.3) is 0 Å². The van der Waals surface area contributed by atoms with E-state index >= 15 is 0 Å². The molecule has 0 bridgehead atoms. The largest absolute Gasteiger partial charge is 0.454 e. The molecule has 0 saturated heterocycles. The average Bonchev–Trinajstić information content (AvgIpc) is 2.18. The number of ether oxygens (including phenoxy) is 1. The van der Waals surface area contributed by atoms with Crippen molar-refractivity contribution in [2.24, 2.45) is 0 Å². The summed E-state index contributed by atoms with van der Waals surface area (Å²) in [6.45, 7) is 7.00. The van der Waals surface area contributed by atoms with Crippen LogP contribution in [0, 0.1) is 0 Å². The van der Waals surface area contributed by atoms with Gasteiger partial charge in [0.1, 0.15) is 5.60 Å². The molecule has 0 spiro atoms. The fourth-order valence-electron chi connectivity index (χ4n) is 1.60. The van der Waals surface area contributed by atoms with Gasteiger partial charge in [-0.2, -0.15) is 0 Å². The van der Waals surface area contributed by atoms with Crippen LogP contribution in [-0.2, 0) is 15.1 Å². The predicted molar refractivity (Wildman–Crippen MR) is 60.4 cm³/mol. The molecule has 0 fully saturated rings. The molecule has 1 atom stereocenters. The Kier molecular flexibility index (Phi) is 3.67. The van der Waals surface area contributed by atoms with Crippen molar-refractivity contribution >= 4 is 5.97 Å². The van der Waals surface area contributed by atoms with Gasteiger partial charge in [0.05, 0.1) is 0 Å². The summed E-state index contributed by atoms with van der Waals surface area (Å²) in [5.74, 6) is -0.275. The summed E-state index contributed by atoms with van der Waals surface area (Å²) < 4.78 is 5.35. The molecule has 1 aromatic carbocycles. The molecule has 0 aliphatic rings. The Morgan fingerprint density at radius 1 is 1.47 bits per heavy atom. The maximum absolute atomic E-state index is 11.1. The highest BCUT2D eigenvalue weighted by Gasteiger charge is 2.28. The summed E-state index contributed by atoms with van der Waals surface area (Å²) in [6, 6.07) is 9.70. The first kappa shape index (κ1) is 11.5. The first-order chi connectivity index (χ1) is 7.08. The molecule has 0 saturated carbocycles. The molecule has 1 rings (SSSR count). The highest BCUT2D eigenvalue weighted by Crippen LogP contribution is 2.29. The Labute approximate surface area is 90.6 Å². The molecule has 15 heavy (non-hydrogen) atoms. The number of hydrogen-bond acceptors (Lipinski definition) is 2. The van der Waals surface area contributed by atoms with Gasteiger partial charge in [0.2, 0.25) is 0 Å². The first-order valence-corrected chi connectivity index (χ1v) is 4.94. The molecule has 80 valence electrons. The average molecular weight is 204 g/mol. The van der Waals surface area contributed by atoms with Crippen molar-refractivity contribution in [3.63, 3.8) is 0 Å². The van der Waals surface area contributed by atoms with Gasteiger partial charge in [0, 0.05) is 13.3 Å². The maximum atomic E-state index is 11.1. The Morgan fingerprint density at radius 3 is 2.53 bits per heavy atom. The first-order valence-electron chi connectivity index (χ1n) is 4.94. The van der Waals surface area contributed by atoms with E-state index in [4.69, 9.17) is 4.74 Å². The van der Waals surface area contributed by atoms with Crippen LogP contribution in [0.15, 0.2) is 43.0 Å². The van der Waals surface area contributed by atoms with E-state index in [0.717, 1.165) is 5.56 Å². The Morgan fingerprint density at radius 2 is 2.07 bits per heavy atom. The molecule has 0 aromatic heterocycles. The molecule has 0 radical (unpaired) electrons. The van der Waals surface area contributed by atoms with Crippen molar-refractivity contribution in [1.82, 2.24) is 0 Å². The number of benzene rings is 1. The summed E-state index contributed by atoms with van der Waals surface area (Å²) in [7, 11) is 0. The van der Waals surface area contributed by atoms with Crippen LogP contribution < -0.4 is 0 Å². The molecule has 0 amide bonds. The van der Waals surface area contributed by atoms with Gasteiger partial charge in [-0.05, 0) is 12.5 Å². The minimum atomic E-state index is -0.602. The lowest BCUT2D eigenvalue weighted by molar-refractivity contribution is -0.156. The molecule has 2 heteroatoms. The molecular weight excluding hydrogens is 188 g/mol. The monoisotopic (exact) mass is 204 g/mol. The minimum absolute atomic E-state index is 0.275. The van der Waals surface area contributed by atoms with Crippen LogP contribution in [0.5, 0.6) is 0 Å². The van der Waals surface area contributed by atoms with Crippen molar-refractivity contribution in [2.75, 3.05) is 0 Å². The van der Waals surface area contributed by atoms with Gasteiger partial charge in [-0.25, -0.2) is 0 Å². The van der Waals surface area contributed by atoms with Gasteiger partial charge in [-0.3, -0.25) is 4.79 Å². The Balaban J connectivity index is 3.00. The summed E-state index contributed by atoms with van der Waals surface area (Å²) in [5.41, 5.74) is 0.384. The summed E-state index contributed by atoms with van der Waals surface area (Å²) in [4.78, 5) is 11.1. The molecular formula is C13H16O2. The summed E-state index contributed by atoms with van der Waals surface area (Å²) >= 11 is 0. The third kappa shape index (κ3) is 2.94. The summed E-state index contributed by atoms with van der Waals surface area (Å²) in [5, 5.41) is 0. The molecule has 1 aromatic rings. The zero-order valence-corrected chi connectivity index (χ0v) is 9.19. The zero-order valence-electron chi connectivity index (χ0n) is 9.19. The SMILES string of the molecule is C=CCC(C)(OC(C)=O)c1ccccc1.